The Morgan fingerprint density at radius 3 is 2.28 bits per heavy atom. The number of aromatic nitrogens is 2. The molecule has 2 heterocycles. The number of benzene rings is 3. The van der Waals surface area contributed by atoms with Crippen LogP contribution < -0.4 is 19.7 Å². The van der Waals surface area contributed by atoms with Crippen LogP contribution in [0.5, 0.6) is 11.5 Å². The van der Waals surface area contributed by atoms with Crippen molar-refractivity contribution >= 4 is 23.2 Å². The van der Waals surface area contributed by atoms with E-state index in [1.807, 2.05) is 0 Å². The Balaban J connectivity index is 1.63. The van der Waals surface area contributed by atoms with Gasteiger partial charge in [0.05, 0.1) is 6.20 Å². The number of nitrogens with one attached hydrogen (secondary N) is 1. The SMILES string of the molecule is O=C(Nc1ccc(F)cc1)[C@@H](c1ccc(F)cc1)N(C(=O)c1cnccn1)c1ccc2c(c1)OCO2. The molecule has 0 radical (unpaired) electrons. The summed E-state index contributed by atoms with van der Waals surface area (Å²) in [5.74, 6) is -1.36. The molecule has 4 aromatic rings. The number of amides is 2. The van der Waals surface area contributed by atoms with Gasteiger partial charge in [-0.3, -0.25) is 19.5 Å². The number of hydrogen-bond acceptors (Lipinski definition) is 6. The van der Waals surface area contributed by atoms with Gasteiger partial charge >= 0.3 is 0 Å². The second-order valence-corrected chi connectivity index (χ2v) is 7.75. The average Bonchev–Trinajstić information content (AvgIpc) is 3.37. The van der Waals surface area contributed by atoms with Crippen molar-refractivity contribution in [3.8, 4) is 11.5 Å². The maximum Gasteiger partial charge on any atom is 0.279 e. The molecule has 1 atom stereocenters. The number of fused-ring (bicyclic) bond motifs is 1. The molecule has 36 heavy (non-hydrogen) atoms. The Labute approximate surface area is 204 Å². The smallest absolute Gasteiger partial charge is 0.279 e. The van der Waals surface area contributed by atoms with Gasteiger partial charge in [0.1, 0.15) is 23.4 Å². The van der Waals surface area contributed by atoms with Gasteiger partial charge in [-0.2, -0.15) is 0 Å². The van der Waals surface area contributed by atoms with E-state index in [0.29, 0.717) is 28.4 Å². The summed E-state index contributed by atoms with van der Waals surface area (Å²) in [5, 5.41) is 2.71. The molecule has 1 aliphatic heterocycles. The Morgan fingerprint density at radius 1 is 0.889 bits per heavy atom. The van der Waals surface area contributed by atoms with Crippen molar-refractivity contribution in [3.05, 3.63) is 108 Å². The number of anilines is 2. The predicted molar refractivity (Wildman–Crippen MR) is 126 cm³/mol. The summed E-state index contributed by atoms with van der Waals surface area (Å²) in [6, 6.07) is 13.9. The molecule has 0 spiro atoms. The number of ether oxygens (including phenoxy) is 2. The number of carbonyl (C=O) groups is 2. The fourth-order valence-electron chi connectivity index (χ4n) is 3.76. The van der Waals surface area contributed by atoms with Crippen molar-refractivity contribution in [3.63, 3.8) is 0 Å². The van der Waals surface area contributed by atoms with Gasteiger partial charge in [-0.05, 0) is 54.1 Å². The topological polar surface area (TPSA) is 93.7 Å². The first kappa shape index (κ1) is 22.9. The molecule has 8 nitrogen and oxygen atoms in total. The van der Waals surface area contributed by atoms with Crippen LogP contribution in [0, 0.1) is 11.6 Å². The third-order valence-electron chi connectivity index (χ3n) is 5.44. The normalized spacial score (nSPS) is 12.6. The van der Waals surface area contributed by atoms with E-state index >= 15 is 0 Å². The lowest BCUT2D eigenvalue weighted by Crippen LogP contribution is -2.42. The molecule has 0 unspecified atom stereocenters. The summed E-state index contributed by atoms with van der Waals surface area (Å²) < 4.78 is 38.0. The van der Waals surface area contributed by atoms with Gasteiger partial charge in [-0.1, -0.05) is 12.1 Å². The molecule has 1 aliphatic rings. The molecule has 10 heteroatoms. The number of rotatable bonds is 6. The zero-order chi connectivity index (χ0) is 25.1. The van der Waals surface area contributed by atoms with Crippen LogP contribution in [0.4, 0.5) is 20.2 Å². The first-order chi connectivity index (χ1) is 17.5. The third kappa shape index (κ3) is 4.69. The van der Waals surface area contributed by atoms with E-state index in [4.69, 9.17) is 9.47 Å². The average molecular weight is 488 g/mol. The lowest BCUT2D eigenvalue weighted by atomic mass is 10.0. The number of carbonyl (C=O) groups excluding carboxylic acids is 2. The Kier molecular flexibility index (Phi) is 6.23. The predicted octanol–water partition coefficient (Wildman–Crippen LogP) is 4.51. The van der Waals surface area contributed by atoms with E-state index in [1.165, 1.54) is 72.0 Å². The largest absolute Gasteiger partial charge is 0.454 e. The van der Waals surface area contributed by atoms with Gasteiger partial charge in [-0.25, -0.2) is 13.8 Å². The summed E-state index contributed by atoms with van der Waals surface area (Å²) >= 11 is 0. The molecule has 0 saturated heterocycles. The summed E-state index contributed by atoms with van der Waals surface area (Å²) in [4.78, 5) is 36.7. The zero-order valence-corrected chi connectivity index (χ0v) is 18.6. The van der Waals surface area contributed by atoms with E-state index in [9.17, 15) is 18.4 Å². The highest BCUT2D eigenvalue weighted by atomic mass is 19.1. The minimum absolute atomic E-state index is 0.0168. The van der Waals surface area contributed by atoms with Crippen molar-refractivity contribution in [1.29, 1.82) is 0 Å². The van der Waals surface area contributed by atoms with Crippen molar-refractivity contribution in [2.45, 2.75) is 6.04 Å². The minimum atomic E-state index is -1.27. The minimum Gasteiger partial charge on any atom is -0.454 e. The van der Waals surface area contributed by atoms with Crippen LogP contribution in [0.2, 0.25) is 0 Å². The molecule has 0 bridgehead atoms. The second-order valence-electron chi connectivity index (χ2n) is 7.75. The molecule has 3 aromatic carbocycles. The van der Waals surface area contributed by atoms with Crippen LogP contribution in [0.15, 0.2) is 85.3 Å². The monoisotopic (exact) mass is 488 g/mol. The highest BCUT2D eigenvalue weighted by Crippen LogP contribution is 2.39. The van der Waals surface area contributed by atoms with Gasteiger partial charge in [0, 0.05) is 29.8 Å². The fraction of sp³-hybridized carbons (Fsp3) is 0.0769. The van der Waals surface area contributed by atoms with E-state index in [2.05, 4.69) is 15.3 Å². The van der Waals surface area contributed by atoms with Gasteiger partial charge < -0.3 is 14.8 Å². The molecular formula is C26H18F2N4O4. The summed E-state index contributed by atoms with van der Waals surface area (Å²) in [6.45, 7) is 0.0172. The highest BCUT2D eigenvalue weighted by Gasteiger charge is 2.35. The molecule has 1 aromatic heterocycles. The lowest BCUT2D eigenvalue weighted by molar-refractivity contribution is -0.117. The summed E-state index contributed by atoms with van der Waals surface area (Å²) in [6.07, 6.45) is 4.05. The molecule has 2 amide bonds. The standard InChI is InChI=1S/C26H18F2N4O4/c27-17-3-1-16(2-4-17)24(25(33)31-19-7-5-18(28)6-8-19)32(26(34)21-14-29-11-12-30-21)20-9-10-22-23(13-20)36-15-35-22/h1-14,24H,15H2,(H,31,33)/t24-/m1/s1. The van der Waals surface area contributed by atoms with Crippen LogP contribution in [-0.4, -0.2) is 28.6 Å². The lowest BCUT2D eigenvalue weighted by Gasteiger charge is -2.31. The van der Waals surface area contributed by atoms with E-state index < -0.39 is 29.5 Å². The molecular weight excluding hydrogens is 470 g/mol. The first-order valence-electron chi connectivity index (χ1n) is 10.8. The first-order valence-corrected chi connectivity index (χ1v) is 10.8. The second kappa shape index (κ2) is 9.79. The zero-order valence-electron chi connectivity index (χ0n) is 18.6. The Bertz CT molecular complexity index is 1400. The van der Waals surface area contributed by atoms with E-state index in [1.54, 1.807) is 18.2 Å². The van der Waals surface area contributed by atoms with Crippen molar-refractivity contribution in [2.24, 2.45) is 0 Å². The van der Waals surface area contributed by atoms with E-state index in [0.717, 1.165) is 0 Å². The van der Waals surface area contributed by atoms with Crippen LogP contribution in [0.25, 0.3) is 0 Å². The van der Waals surface area contributed by atoms with Gasteiger partial charge in [0.15, 0.2) is 11.5 Å². The fourth-order valence-corrected chi connectivity index (χ4v) is 3.76. The number of halogens is 2. The maximum absolute atomic E-state index is 13.8. The Morgan fingerprint density at radius 2 is 1.58 bits per heavy atom. The van der Waals surface area contributed by atoms with Gasteiger partial charge in [-0.15, -0.1) is 0 Å². The summed E-state index contributed by atoms with van der Waals surface area (Å²) in [7, 11) is 0. The van der Waals surface area contributed by atoms with Crippen LogP contribution in [0.1, 0.15) is 22.1 Å². The van der Waals surface area contributed by atoms with Gasteiger partial charge in [0.2, 0.25) is 6.79 Å². The van der Waals surface area contributed by atoms with Gasteiger partial charge in [0.25, 0.3) is 11.8 Å². The van der Waals surface area contributed by atoms with Crippen molar-refractivity contribution in [2.75, 3.05) is 17.0 Å². The summed E-state index contributed by atoms with van der Waals surface area (Å²) in [5.41, 5.74) is 0.923. The molecule has 0 saturated carbocycles. The number of hydrogen-bond donors (Lipinski definition) is 1. The molecule has 0 aliphatic carbocycles. The number of nitrogens with zero attached hydrogens (tertiary/aromatic N) is 3. The molecule has 0 fully saturated rings. The Hall–Kier alpha value is -4.86. The molecule has 5 rings (SSSR count). The maximum atomic E-state index is 13.8. The van der Waals surface area contributed by atoms with Crippen molar-refractivity contribution < 1.29 is 27.8 Å². The highest BCUT2D eigenvalue weighted by molar-refractivity contribution is 6.11. The van der Waals surface area contributed by atoms with Crippen LogP contribution in [-0.2, 0) is 4.79 Å². The van der Waals surface area contributed by atoms with Crippen LogP contribution >= 0.6 is 0 Å². The quantitative estimate of drug-likeness (QED) is 0.429. The molecule has 180 valence electrons. The van der Waals surface area contributed by atoms with E-state index in [-0.39, 0.29) is 12.5 Å². The van der Waals surface area contributed by atoms with Crippen molar-refractivity contribution in [1.82, 2.24) is 9.97 Å². The third-order valence-corrected chi connectivity index (χ3v) is 5.44. The molecule has 1 N–H and O–H groups in total. The van der Waals surface area contributed by atoms with Crippen LogP contribution in [0.3, 0.4) is 0 Å².